The van der Waals surface area contributed by atoms with E-state index in [1.165, 1.54) is 32.2 Å². The molecule has 19 heavy (non-hydrogen) atoms. The molecule has 1 fully saturated rings. The lowest BCUT2D eigenvalue weighted by molar-refractivity contribution is -0.0121. The minimum absolute atomic E-state index is 0.366. The van der Waals surface area contributed by atoms with Crippen LogP contribution in [0.25, 0.3) is 0 Å². The number of piperidine rings is 1. The van der Waals surface area contributed by atoms with Gasteiger partial charge in [-0.2, -0.15) is 0 Å². The molecule has 0 aliphatic carbocycles. The molecule has 1 saturated heterocycles. The van der Waals surface area contributed by atoms with Gasteiger partial charge in [-0.15, -0.1) is 0 Å². The Kier molecular flexibility index (Phi) is 8.88. The zero-order valence-corrected chi connectivity index (χ0v) is 14.0. The number of rotatable bonds is 5. The van der Waals surface area contributed by atoms with Crippen LogP contribution in [0.15, 0.2) is 0 Å². The van der Waals surface area contributed by atoms with Crippen LogP contribution in [0.3, 0.4) is 0 Å². The molecular formula is C16H37N3. The number of hydrogen-bond donors (Lipinski definition) is 2. The molecule has 0 saturated carbocycles. The van der Waals surface area contributed by atoms with Gasteiger partial charge in [0.05, 0.1) is 0 Å². The van der Waals surface area contributed by atoms with Gasteiger partial charge in [0.1, 0.15) is 0 Å². The van der Waals surface area contributed by atoms with Crippen LogP contribution >= 0.6 is 0 Å². The third-order valence-electron chi connectivity index (χ3n) is 5.06. The summed E-state index contributed by atoms with van der Waals surface area (Å²) in [6, 6.07) is 0. The second-order valence-corrected chi connectivity index (χ2v) is 6.96. The van der Waals surface area contributed by atoms with E-state index in [-0.39, 0.29) is 0 Å². The molecule has 4 N–H and O–H groups in total. The van der Waals surface area contributed by atoms with E-state index in [1.54, 1.807) is 0 Å². The smallest absolute Gasteiger partial charge is 0.0201 e. The van der Waals surface area contributed by atoms with Crippen molar-refractivity contribution in [3.63, 3.8) is 0 Å². The summed E-state index contributed by atoms with van der Waals surface area (Å²) in [5.74, 6) is 0. The quantitative estimate of drug-likeness (QED) is 0.756. The first-order chi connectivity index (χ1) is 8.79. The zero-order chi connectivity index (χ0) is 14.9. The Morgan fingerprint density at radius 1 is 0.895 bits per heavy atom. The Morgan fingerprint density at radius 3 is 1.68 bits per heavy atom. The van der Waals surface area contributed by atoms with Crippen molar-refractivity contribution in [2.75, 3.05) is 26.7 Å². The standard InChI is InChI=1S/C10H21N.C6H16N2/c1-9(2)7-6-8-11(5)10(9,3)4;7-5-3-1-2-4-6-8/h6-8H2,1-5H3;1-8H2. The zero-order valence-electron chi connectivity index (χ0n) is 14.0. The molecule has 0 aromatic carbocycles. The molecule has 0 bridgehead atoms. The average Bonchev–Trinajstić information content (AvgIpc) is 2.33. The molecule has 0 amide bonds. The molecule has 0 unspecified atom stereocenters. The van der Waals surface area contributed by atoms with Crippen molar-refractivity contribution >= 4 is 0 Å². The molecule has 116 valence electrons. The van der Waals surface area contributed by atoms with Crippen LogP contribution in [0, 0.1) is 5.41 Å². The SMILES string of the molecule is CN1CCCC(C)(C)C1(C)C.NCCCCCCN. The summed E-state index contributed by atoms with van der Waals surface area (Å²) < 4.78 is 0. The molecule has 0 spiro atoms. The highest BCUT2D eigenvalue weighted by Crippen LogP contribution is 2.42. The molecule has 3 nitrogen and oxygen atoms in total. The summed E-state index contributed by atoms with van der Waals surface area (Å²) in [5, 5.41) is 0. The molecule has 0 aromatic heterocycles. The van der Waals surface area contributed by atoms with Gasteiger partial charge in [0.15, 0.2) is 0 Å². The highest BCUT2D eigenvalue weighted by atomic mass is 15.2. The third kappa shape index (κ3) is 6.24. The van der Waals surface area contributed by atoms with Crippen molar-refractivity contribution in [1.82, 2.24) is 4.90 Å². The lowest BCUT2D eigenvalue weighted by atomic mass is 9.68. The summed E-state index contributed by atoms with van der Waals surface area (Å²) in [7, 11) is 2.24. The first-order valence-electron chi connectivity index (χ1n) is 7.91. The minimum Gasteiger partial charge on any atom is -0.330 e. The summed E-state index contributed by atoms with van der Waals surface area (Å²) in [6.45, 7) is 12.4. The summed E-state index contributed by atoms with van der Waals surface area (Å²) in [4.78, 5) is 2.48. The van der Waals surface area contributed by atoms with Crippen LogP contribution < -0.4 is 11.5 Å². The maximum Gasteiger partial charge on any atom is 0.0201 e. The number of nitrogens with zero attached hydrogens (tertiary/aromatic N) is 1. The van der Waals surface area contributed by atoms with E-state index >= 15 is 0 Å². The Bertz CT molecular complexity index is 218. The van der Waals surface area contributed by atoms with Crippen molar-refractivity contribution in [1.29, 1.82) is 0 Å². The Balaban J connectivity index is 0.000000362. The lowest BCUT2D eigenvalue weighted by Gasteiger charge is -2.52. The molecular weight excluding hydrogens is 234 g/mol. The minimum atomic E-state index is 0.366. The van der Waals surface area contributed by atoms with Gasteiger partial charge in [0, 0.05) is 5.54 Å². The summed E-state index contributed by atoms with van der Waals surface area (Å²) >= 11 is 0. The molecule has 1 aliphatic heterocycles. The van der Waals surface area contributed by atoms with E-state index in [1.807, 2.05) is 0 Å². The van der Waals surface area contributed by atoms with E-state index in [4.69, 9.17) is 11.5 Å². The molecule has 1 rings (SSSR count). The Labute approximate surface area is 121 Å². The predicted octanol–water partition coefficient (Wildman–Crippen LogP) is 2.98. The molecule has 0 atom stereocenters. The molecule has 1 aliphatic rings. The predicted molar refractivity (Wildman–Crippen MR) is 86.3 cm³/mol. The molecule has 0 radical (unpaired) electrons. The van der Waals surface area contributed by atoms with Gasteiger partial charge in [0.2, 0.25) is 0 Å². The van der Waals surface area contributed by atoms with E-state index in [0.717, 1.165) is 25.9 Å². The van der Waals surface area contributed by atoms with Gasteiger partial charge in [0.25, 0.3) is 0 Å². The van der Waals surface area contributed by atoms with Gasteiger partial charge in [-0.3, -0.25) is 0 Å². The maximum absolute atomic E-state index is 5.28. The van der Waals surface area contributed by atoms with E-state index in [9.17, 15) is 0 Å². The number of hydrogen-bond acceptors (Lipinski definition) is 3. The highest BCUT2D eigenvalue weighted by Gasteiger charge is 2.42. The summed E-state index contributed by atoms with van der Waals surface area (Å²) in [6.07, 6.45) is 7.51. The van der Waals surface area contributed by atoms with Crippen molar-refractivity contribution in [3.8, 4) is 0 Å². The van der Waals surface area contributed by atoms with Crippen LogP contribution in [-0.4, -0.2) is 37.1 Å². The normalized spacial score (nSPS) is 21.6. The van der Waals surface area contributed by atoms with Crippen LogP contribution in [0.2, 0.25) is 0 Å². The second-order valence-electron chi connectivity index (χ2n) is 6.96. The van der Waals surface area contributed by atoms with Crippen molar-refractivity contribution in [2.45, 2.75) is 71.8 Å². The fourth-order valence-corrected chi connectivity index (χ4v) is 2.50. The van der Waals surface area contributed by atoms with Crippen LogP contribution in [0.4, 0.5) is 0 Å². The average molecular weight is 271 g/mol. The second kappa shape index (κ2) is 8.93. The van der Waals surface area contributed by atoms with Crippen molar-refractivity contribution < 1.29 is 0 Å². The fraction of sp³-hybridized carbons (Fsp3) is 1.00. The lowest BCUT2D eigenvalue weighted by Crippen LogP contribution is -2.55. The molecule has 3 heteroatoms. The first kappa shape index (κ1) is 18.9. The van der Waals surface area contributed by atoms with Crippen molar-refractivity contribution in [3.05, 3.63) is 0 Å². The van der Waals surface area contributed by atoms with E-state index < -0.39 is 0 Å². The summed E-state index contributed by atoms with van der Waals surface area (Å²) in [5.41, 5.74) is 11.4. The van der Waals surface area contributed by atoms with E-state index in [0.29, 0.717) is 11.0 Å². The van der Waals surface area contributed by atoms with Gasteiger partial charge < -0.3 is 16.4 Å². The Morgan fingerprint density at radius 2 is 1.37 bits per heavy atom. The third-order valence-corrected chi connectivity index (χ3v) is 5.06. The van der Waals surface area contributed by atoms with Gasteiger partial charge in [-0.25, -0.2) is 0 Å². The van der Waals surface area contributed by atoms with Gasteiger partial charge in [-0.1, -0.05) is 26.7 Å². The maximum atomic E-state index is 5.28. The number of nitrogens with two attached hydrogens (primary N) is 2. The van der Waals surface area contributed by atoms with Crippen molar-refractivity contribution in [2.24, 2.45) is 16.9 Å². The molecule has 1 heterocycles. The number of unbranched alkanes of at least 4 members (excludes halogenated alkanes) is 3. The van der Waals surface area contributed by atoms with Crippen LogP contribution in [-0.2, 0) is 0 Å². The highest BCUT2D eigenvalue weighted by molar-refractivity contribution is 4.96. The van der Waals surface area contributed by atoms with Crippen LogP contribution in [0.1, 0.15) is 66.2 Å². The Hall–Kier alpha value is -0.120. The van der Waals surface area contributed by atoms with Gasteiger partial charge >= 0.3 is 0 Å². The topological polar surface area (TPSA) is 55.3 Å². The largest absolute Gasteiger partial charge is 0.330 e. The first-order valence-corrected chi connectivity index (χ1v) is 7.91. The monoisotopic (exact) mass is 271 g/mol. The van der Waals surface area contributed by atoms with Crippen LogP contribution in [0.5, 0.6) is 0 Å². The van der Waals surface area contributed by atoms with Gasteiger partial charge in [-0.05, 0) is 71.6 Å². The molecule has 0 aromatic rings. The fourth-order valence-electron chi connectivity index (χ4n) is 2.50. The van der Waals surface area contributed by atoms with E-state index in [2.05, 4.69) is 39.6 Å². The number of likely N-dealkylation sites (tertiary alicyclic amines) is 1.